The average molecular weight is 476 g/mol. The summed E-state index contributed by atoms with van der Waals surface area (Å²) in [6.45, 7) is 0. The fourth-order valence-electron chi connectivity index (χ4n) is 3.84. The van der Waals surface area contributed by atoms with Gasteiger partial charge in [0.2, 0.25) is 11.8 Å². The molecule has 1 aliphatic rings. The van der Waals surface area contributed by atoms with E-state index in [0.717, 1.165) is 16.6 Å². The number of imide groups is 1. The van der Waals surface area contributed by atoms with Gasteiger partial charge in [-0.25, -0.2) is 14.9 Å². The number of hydrogen-bond donors (Lipinski definition) is 0. The van der Waals surface area contributed by atoms with Crippen LogP contribution in [0.25, 0.3) is 22.2 Å². The van der Waals surface area contributed by atoms with Crippen molar-refractivity contribution in [2.24, 2.45) is 0 Å². The molecule has 0 saturated carbocycles. The molecule has 2 amide bonds. The Morgan fingerprint density at radius 3 is 2.55 bits per heavy atom. The highest BCUT2D eigenvalue weighted by Gasteiger charge is 2.41. The van der Waals surface area contributed by atoms with Gasteiger partial charge in [0, 0.05) is 22.4 Å². The smallest absolute Gasteiger partial charge is 0.248 e. The van der Waals surface area contributed by atoms with Crippen molar-refractivity contribution in [3.8, 4) is 17.0 Å². The number of amides is 2. The number of halogens is 1. The number of nitrogens with zero attached hydrogens (tertiary/aromatic N) is 3. The van der Waals surface area contributed by atoms with Crippen LogP contribution < -0.4 is 9.64 Å². The van der Waals surface area contributed by atoms with Gasteiger partial charge in [0.05, 0.1) is 24.0 Å². The lowest BCUT2D eigenvalue weighted by atomic mass is 10.1. The number of ether oxygens (including phenoxy) is 1. The van der Waals surface area contributed by atoms with Gasteiger partial charge in [-0.3, -0.25) is 9.59 Å². The number of benzene rings is 3. The minimum atomic E-state index is -0.629. The number of fused-ring (bicyclic) bond motifs is 1. The third-order valence-corrected chi connectivity index (χ3v) is 6.64. The molecule has 3 aromatic carbocycles. The van der Waals surface area contributed by atoms with Crippen LogP contribution >= 0.6 is 23.4 Å². The van der Waals surface area contributed by atoms with Crippen LogP contribution in [0.15, 0.2) is 78.0 Å². The van der Waals surface area contributed by atoms with Crippen LogP contribution in [-0.2, 0) is 9.59 Å². The zero-order chi connectivity index (χ0) is 22.9. The number of para-hydroxylation sites is 2. The van der Waals surface area contributed by atoms with Gasteiger partial charge in [-0.05, 0) is 30.3 Å². The standard InChI is InChI=1S/C25H18ClN3O3S/c1-32-20-10-6-5-9-19(20)29-22(30)14-21(24(29)31)33-25-27-18-12-11-16(26)13-17(18)23(28-25)15-7-3-2-4-8-15/h2-13,21H,14H2,1H3/t21-/m1/s1. The monoisotopic (exact) mass is 475 g/mol. The Morgan fingerprint density at radius 1 is 1.00 bits per heavy atom. The molecule has 6 nitrogen and oxygen atoms in total. The Labute approximate surface area is 199 Å². The first-order valence-electron chi connectivity index (χ1n) is 10.2. The van der Waals surface area contributed by atoms with Crippen LogP contribution in [0.4, 0.5) is 5.69 Å². The predicted octanol–water partition coefficient (Wildman–Crippen LogP) is 5.38. The molecule has 8 heteroatoms. The van der Waals surface area contributed by atoms with E-state index < -0.39 is 5.25 Å². The number of thioether (sulfide) groups is 1. The molecule has 0 unspecified atom stereocenters. The summed E-state index contributed by atoms with van der Waals surface area (Å²) in [5, 5.41) is 1.21. The van der Waals surface area contributed by atoms with E-state index in [1.807, 2.05) is 42.5 Å². The maximum Gasteiger partial charge on any atom is 0.248 e. The summed E-state index contributed by atoms with van der Waals surface area (Å²) in [6.07, 6.45) is 0.0598. The van der Waals surface area contributed by atoms with Crippen LogP contribution in [-0.4, -0.2) is 34.1 Å². The van der Waals surface area contributed by atoms with Crippen molar-refractivity contribution in [3.05, 3.63) is 77.8 Å². The zero-order valence-electron chi connectivity index (χ0n) is 17.6. The number of rotatable bonds is 5. The molecular weight excluding hydrogens is 458 g/mol. The predicted molar refractivity (Wildman–Crippen MR) is 130 cm³/mol. The number of anilines is 1. The molecule has 1 fully saturated rings. The van der Waals surface area contributed by atoms with Gasteiger partial charge in [0.15, 0.2) is 5.16 Å². The molecular formula is C25H18ClN3O3S. The first-order valence-corrected chi connectivity index (χ1v) is 11.5. The second-order valence-electron chi connectivity index (χ2n) is 7.43. The maximum atomic E-state index is 13.2. The van der Waals surface area contributed by atoms with Crippen molar-refractivity contribution in [2.75, 3.05) is 12.0 Å². The topological polar surface area (TPSA) is 72.4 Å². The minimum Gasteiger partial charge on any atom is -0.495 e. The Hall–Kier alpha value is -3.42. The van der Waals surface area contributed by atoms with Gasteiger partial charge in [-0.15, -0.1) is 0 Å². The molecule has 5 rings (SSSR count). The Morgan fingerprint density at radius 2 is 1.76 bits per heavy atom. The molecule has 164 valence electrons. The van der Waals surface area contributed by atoms with E-state index in [-0.39, 0.29) is 18.2 Å². The third-order valence-electron chi connectivity index (χ3n) is 5.36. The summed E-state index contributed by atoms with van der Waals surface area (Å²) >= 11 is 7.43. The summed E-state index contributed by atoms with van der Waals surface area (Å²) in [5.41, 5.74) is 2.80. The van der Waals surface area contributed by atoms with Crippen molar-refractivity contribution in [2.45, 2.75) is 16.8 Å². The normalized spacial score (nSPS) is 15.9. The van der Waals surface area contributed by atoms with Crippen LogP contribution in [0, 0.1) is 0 Å². The fraction of sp³-hybridized carbons (Fsp3) is 0.120. The van der Waals surface area contributed by atoms with Crippen molar-refractivity contribution in [1.29, 1.82) is 0 Å². The maximum absolute atomic E-state index is 13.2. The van der Waals surface area contributed by atoms with Gasteiger partial charge in [0.25, 0.3) is 0 Å². The van der Waals surface area contributed by atoms with Crippen molar-refractivity contribution in [1.82, 2.24) is 9.97 Å². The number of hydrogen-bond acceptors (Lipinski definition) is 6. The summed E-state index contributed by atoms with van der Waals surface area (Å²) in [6, 6.07) is 22.2. The number of aromatic nitrogens is 2. The largest absolute Gasteiger partial charge is 0.495 e. The molecule has 1 aromatic heterocycles. The zero-order valence-corrected chi connectivity index (χ0v) is 19.1. The summed E-state index contributed by atoms with van der Waals surface area (Å²) in [5.74, 6) is -0.122. The van der Waals surface area contributed by atoms with E-state index in [2.05, 4.69) is 4.98 Å². The second-order valence-corrected chi connectivity index (χ2v) is 9.04. The lowest BCUT2D eigenvalue weighted by Gasteiger charge is -2.17. The summed E-state index contributed by atoms with van der Waals surface area (Å²) in [7, 11) is 1.51. The van der Waals surface area contributed by atoms with E-state index in [0.29, 0.717) is 27.1 Å². The lowest BCUT2D eigenvalue weighted by molar-refractivity contribution is -0.121. The Kier molecular flexibility index (Phi) is 5.74. The molecule has 1 aliphatic heterocycles. The van der Waals surface area contributed by atoms with Crippen molar-refractivity contribution < 1.29 is 14.3 Å². The lowest BCUT2D eigenvalue weighted by Crippen LogP contribution is -2.31. The Balaban J connectivity index is 1.52. The second kappa shape index (κ2) is 8.84. The first-order chi connectivity index (χ1) is 16.0. The summed E-state index contributed by atoms with van der Waals surface area (Å²) in [4.78, 5) is 36.6. The van der Waals surface area contributed by atoms with Crippen LogP contribution in [0.2, 0.25) is 5.02 Å². The van der Waals surface area contributed by atoms with Gasteiger partial charge in [-0.2, -0.15) is 0 Å². The minimum absolute atomic E-state index is 0.0598. The van der Waals surface area contributed by atoms with Crippen LogP contribution in [0.1, 0.15) is 6.42 Å². The molecule has 0 bridgehead atoms. The van der Waals surface area contributed by atoms with Gasteiger partial charge >= 0.3 is 0 Å². The quantitative estimate of drug-likeness (QED) is 0.285. The van der Waals surface area contributed by atoms with E-state index in [1.165, 1.54) is 23.8 Å². The van der Waals surface area contributed by atoms with Crippen molar-refractivity contribution in [3.63, 3.8) is 0 Å². The number of carbonyl (C=O) groups excluding carboxylic acids is 2. The number of methoxy groups -OCH3 is 1. The third kappa shape index (κ3) is 4.05. The Bertz CT molecular complexity index is 1380. The van der Waals surface area contributed by atoms with E-state index in [9.17, 15) is 9.59 Å². The molecule has 1 atom stereocenters. The van der Waals surface area contributed by atoms with Gasteiger partial charge in [0.1, 0.15) is 11.0 Å². The fourth-order valence-corrected chi connectivity index (χ4v) is 4.99. The molecule has 33 heavy (non-hydrogen) atoms. The van der Waals surface area contributed by atoms with Crippen molar-refractivity contribution >= 4 is 51.8 Å². The van der Waals surface area contributed by atoms with E-state index >= 15 is 0 Å². The molecule has 0 aliphatic carbocycles. The molecule has 4 aromatic rings. The van der Waals surface area contributed by atoms with Gasteiger partial charge < -0.3 is 4.74 Å². The molecule has 0 N–H and O–H groups in total. The average Bonchev–Trinajstić information content (AvgIpc) is 3.11. The molecule has 2 heterocycles. The van der Waals surface area contributed by atoms with Crippen LogP contribution in [0.5, 0.6) is 5.75 Å². The van der Waals surface area contributed by atoms with E-state index in [1.54, 1.807) is 30.3 Å². The summed E-state index contributed by atoms with van der Waals surface area (Å²) < 4.78 is 5.34. The van der Waals surface area contributed by atoms with E-state index in [4.69, 9.17) is 21.3 Å². The number of carbonyl (C=O) groups is 2. The van der Waals surface area contributed by atoms with Gasteiger partial charge in [-0.1, -0.05) is 65.8 Å². The first kappa shape index (κ1) is 21.4. The molecule has 1 saturated heterocycles. The highest BCUT2D eigenvalue weighted by Crippen LogP contribution is 2.38. The SMILES string of the molecule is COc1ccccc1N1C(=O)C[C@@H](Sc2nc(-c3ccccc3)c3cc(Cl)ccc3n2)C1=O. The highest BCUT2D eigenvalue weighted by atomic mass is 35.5. The van der Waals surface area contributed by atoms with Crippen LogP contribution in [0.3, 0.4) is 0 Å². The molecule has 0 radical (unpaired) electrons. The highest BCUT2D eigenvalue weighted by molar-refractivity contribution is 8.00. The molecule has 0 spiro atoms.